The summed E-state index contributed by atoms with van der Waals surface area (Å²) >= 11 is 0. The van der Waals surface area contributed by atoms with Gasteiger partial charge in [0.15, 0.2) is 17.0 Å². The number of nitrogens with one attached hydrogen (secondary N) is 2. The number of fused-ring (bicyclic) bond motifs is 1. The Bertz CT molecular complexity index is 828. The molecular weight excluding hydrogens is 318 g/mol. The van der Waals surface area contributed by atoms with Crippen LogP contribution in [0.1, 0.15) is 33.2 Å². The second-order valence-corrected chi connectivity index (χ2v) is 6.09. The molecule has 8 nitrogen and oxygen atoms in total. The number of imidazole rings is 1. The molecule has 3 aromatic rings. The highest BCUT2D eigenvalue weighted by Gasteiger charge is 2.16. The van der Waals surface area contributed by atoms with Gasteiger partial charge in [0.05, 0.1) is 19.0 Å². The first-order chi connectivity index (χ1) is 12.1. The van der Waals surface area contributed by atoms with Crippen molar-refractivity contribution in [1.82, 2.24) is 24.5 Å². The fourth-order valence-electron chi connectivity index (χ4n) is 2.46. The van der Waals surface area contributed by atoms with Crippen LogP contribution in [0, 0.1) is 0 Å². The van der Waals surface area contributed by atoms with Crippen LogP contribution < -0.4 is 10.6 Å². The minimum Gasteiger partial charge on any atom is -0.394 e. The van der Waals surface area contributed by atoms with Crippen LogP contribution in [0.25, 0.3) is 11.2 Å². The molecule has 0 saturated carbocycles. The third-order valence-electron chi connectivity index (χ3n) is 3.94. The van der Waals surface area contributed by atoms with Crippen molar-refractivity contribution in [2.45, 2.75) is 39.3 Å². The standard InChI is InChI=1S/C17H23N7O/c1-4-12(9-25)20-17-22-15(21-13-7-5-6-8-18-13)14-16(23-17)24(10-19-14)11(2)3/h5-8,10-12,25H,4,9H2,1-3H3,(H2,18,20,21,22,23)/t12-/m1/s1. The predicted molar refractivity (Wildman–Crippen MR) is 98.0 cm³/mol. The zero-order valence-electron chi connectivity index (χ0n) is 14.6. The average molecular weight is 341 g/mol. The summed E-state index contributed by atoms with van der Waals surface area (Å²) in [6.07, 6.45) is 4.25. The first kappa shape index (κ1) is 17.1. The normalized spacial score (nSPS) is 12.5. The van der Waals surface area contributed by atoms with Gasteiger partial charge in [-0.25, -0.2) is 9.97 Å². The van der Waals surface area contributed by atoms with Gasteiger partial charge in [0, 0.05) is 12.2 Å². The first-order valence-electron chi connectivity index (χ1n) is 8.42. The lowest BCUT2D eigenvalue weighted by Crippen LogP contribution is -2.24. The lowest BCUT2D eigenvalue weighted by Gasteiger charge is -2.16. The maximum Gasteiger partial charge on any atom is 0.227 e. The molecule has 0 aliphatic carbocycles. The second-order valence-electron chi connectivity index (χ2n) is 6.09. The van der Waals surface area contributed by atoms with Crippen molar-refractivity contribution in [3.05, 3.63) is 30.7 Å². The molecule has 0 aliphatic rings. The maximum atomic E-state index is 9.45. The minimum atomic E-state index is -0.101. The molecule has 0 saturated heterocycles. The molecule has 0 amide bonds. The third-order valence-corrected chi connectivity index (χ3v) is 3.94. The van der Waals surface area contributed by atoms with Gasteiger partial charge in [-0.15, -0.1) is 0 Å². The van der Waals surface area contributed by atoms with E-state index >= 15 is 0 Å². The molecule has 0 radical (unpaired) electrons. The Balaban J connectivity index is 2.06. The molecule has 1 atom stereocenters. The number of aliphatic hydroxyl groups excluding tert-OH is 1. The van der Waals surface area contributed by atoms with E-state index in [1.807, 2.05) is 29.7 Å². The Kier molecular flexibility index (Phi) is 5.08. The van der Waals surface area contributed by atoms with Crippen LogP contribution in [0.4, 0.5) is 17.6 Å². The van der Waals surface area contributed by atoms with Crippen molar-refractivity contribution in [1.29, 1.82) is 0 Å². The summed E-state index contributed by atoms with van der Waals surface area (Å²) in [6, 6.07) is 5.74. The molecule has 0 bridgehead atoms. The molecule has 3 N–H and O–H groups in total. The van der Waals surface area contributed by atoms with E-state index in [0.29, 0.717) is 23.1 Å². The highest BCUT2D eigenvalue weighted by atomic mass is 16.3. The molecule has 0 spiro atoms. The van der Waals surface area contributed by atoms with E-state index in [1.165, 1.54) is 0 Å². The van der Waals surface area contributed by atoms with Crippen LogP contribution in [-0.4, -0.2) is 42.3 Å². The highest BCUT2D eigenvalue weighted by Crippen LogP contribution is 2.25. The van der Waals surface area contributed by atoms with Crippen molar-refractivity contribution in [2.75, 3.05) is 17.2 Å². The molecule has 25 heavy (non-hydrogen) atoms. The van der Waals surface area contributed by atoms with Crippen LogP contribution in [0.3, 0.4) is 0 Å². The van der Waals surface area contributed by atoms with Crippen molar-refractivity contribution in [3.63, 3.8) is 0 Å². The summed E-state index contributed by atoms with van der Waals surface area (Å²) in [6.45, 7) is 6.16. The number of rotatable bonds is 7. The van der Waals surface area contributed by atoms with Crippen LogP contribution >= 0.6 is 0 Å². The van der Waals surface area contributed by atoms with Crippen LogP contribution in [0.5, 0.6) is 0 Å². The first-order valence-corrected chi connectivity index (χ1v) is 8.42. The predicted octanol–water partition coefficient (Wildman–Crippen LogP) is 2.73. The van der Waals surface area contributed by atoms with Crippen LogP contribution in [0.2, 0.25) is 0 Å². The number of anilines is 3. The summed E-state index contributed by atoms with van der Waals surface area (Å²) < 4.78 is 1.99. The molecule has 0 unspecified atom stereocenters. The quantitative estimate of drug-likeness (QED) is 0.607. The van der Waals surface area contributed by atoms with E-state index in [1.54, 1.807) is 12.5 Å². The van der Waals surface area contributed by atoms with Gasteiger partial charge in [0.25, 0.3) is 0 Å². The summed E-state index contributed by atoms with van der Waals surface area (Å²) in [7, 11) is 0. The van der Waals surface area contributed by atoms with Gasteiger partial charge >= 0.3 is 0 Å². The van der Waals surface area contributed by atoms with E-state index < -0.39 is 0 Å². The number of aliphatic hydroxyl groups is 1. The van der Waals surface area contributed by atoms with Crippen molar-refractivity contribution in [3.8, 4) is 0 Å². The highest BCUT2D eigenvalue weighted by molar-refractivity contribution is 5.86. The van der Waals surface area contributed by atoms with E-state index in [2.05, 4.69) is 44.4 Å². The van der Waals surface area contributed by atoms with E-state index in [4.69, 9.17) is 0 Å². The zero-order chi connectivity index (χ0) is 17.8. The summed E-state index contributed by atoms with van der Waals surface area (Å²) in [5.41, 5.74) is 1.42. The lowest BCUT2D eigenvalue weighted by atomic mass is 10.2. The molecule has 0 fully saturated rings. The molecule has 132 valence electrons. The van der Waals surface area contributed by atoms with Gasteiger partial charge in [-0.05, 0) is 32.4 Å². The van der Waals surface area contributed by atoms with Gasteiger partial charge in [-0.1, -0.05) is 13.0 Å². The zero-order valence-corrected chi connectivity index (χ0v) is 14.6. The van der Waals surface area contributed by atoms with Crippen molar-refractivity contribution < 1.29 is 5.11 Å². The topological polar surface area (TPSA) is 101 Å². The Labute approximate surface area is 146 Å². The molecule has 0 aliphatic heterocycles. The van der Waals surface area contributed by atoms with E-state index in [-0.39, 0.29) is 18.7 Å². The minimum absolute atomic E-state index is 0.0182. The Morgan fingerprint density at radius 2 is 2.04 bits per heavy atom. The van der Waals surface area contributed by atoms with Gasteiger partial charge in [-0.3, -0.25) is 0 Å². The summed E-state index contributed by atoms with van der Waals surface area (Å²) in [5.74, 6) is 1.72. The second kappa shape index (κ2) is 7.43. The number of nitrogens with zero attached hydrogens (tertiary/aromatic N) is 5. The molecule has 0 aromatic carbocycles. The van der Waals surface area contributed by atoms with E-state index in [0.717, 1.165) is 12.1 Å². The average Bonchev–Trinajstić information content (AvgIpc) is 3.05. The maximum absolute atomic E-state index is 9.45. The van der Waals surface area contributed by atoms with Gasteiger partial charge in [0.1, 0.15) is 5.82 Å². The van der Waals surface area contributed by atoms with E-state index in [9.17, 15) is 5.11 Å². The molecule has 3 aromatic heterocycles. The smallest absolute Gasteiger partial charge is 0.227 e. The van der Waals surface area contributed by atoms with Gasteiger partial charge < -0.3 is 20.3 Å². The number of aromatic nitrogens is 5. The fraction of sp³-hybridized carbons (Fsp3) is 0.412. The van der Waals surface area contributed by atoms with Crippen LogP contribution in [-0.2, 0) is 0 Å². The SMILES string of the molecule is CC[C@H](CO)Nc1nc(Nc2ccccn2)c2ncn(C(C)C)c2n1. The largest absolute Gasteiger partial charge is 0.394 e. The Morgan fingerprint density at radius 3 is 2.68 bits per heavy atom. The fourth-order valence-corrected chi connectivity index (χ4v) is 2.46. The third kappa shape index (κ3) is 3.69. The molecule has 3 rings (SSSR count). The number of hydrogen-bond acceptors (Lipinski definition) is 7. The van der Waals surface area contributed by atoms with Crippen molar-refractivity contribution >= 4 is 28.7 Å². The van der Waals surface area contributed by atoms with Crippen LogP contribution in [0.15, 0.2) is 30.7 Å². The van der Waals surface area contributed by atoms with Gasteiger partial charge in [-0.2, -0.15) is 9.97 Å². The number of hydrogen-bond donors (Lipinski definition) is 3. The monoisotopic (exact) mass is 341 g/mol. The lowest BCUT2D eigenvalue weighted by molar-refractivity contribution is 0.271. The molecule has 3 heterocycles. The van der Waals surface area contributed by atoms with Crippen molar-refractivity contribution in [2.24, 2.45) is 0 Å². The molecule has 8 heteroatoms. The molecular formula is C17H23N7O. The summed E-state index contributed by atoms with van der Waals surface area (Å²) in [4.78, 5) is 17.9. The summed E-state index contributed by atoms with van der Waals surface area (Å²) in [5, 5.41) is 15.8. The van der Waals surface area contributed by atoms with Gasteiger partial charge in [0.2, 0.25) is 5.95 Å². The Hall–Kier alpha value is -2.74. The number of pyridine rings is 1. The Morgan fingerprint density at radius 1 is 1.20 bits per heavy atom.